The SMILES string of the molecule is O=c1cc(NC2C3CCOC3C23CCC3)c2ccncc2[nH]1. The second kappa shape index (κ2) is 4.32. The minimum Gasteiger partial charge on any atom is -0.381 e. The molecule has 0 amide bonds. The molecule has 3 atom stereocenters. The number of hydrogen-bond donors (Lipinski definition) is 2. The van der Waals surface area contributed by atoms with Crippen molar-refractivity contribution >= 4 is 16.6 Å². The average Bonchev–Trinajstić information content (AvgIpc) is 2.88. The third-order valence-corrected chi connectivity index (χ3v) is 5.99. The first-order chi connectivity index (χ1) is 10.8. The Kier molecular flexibility index (Phi) is 2.48. The molecule has 1 saturated heterocycles. The smallest absolute Gasteiger partial charge is 0.250 e. The van der Waals surface area contributed by atoms with Crippen molar-refractivity contribution in [3.05, 3.63) is 34.9 Å². The highest BCUT2D eigenvalue weighted by atomic mass is 16.5. The molecule has 3 unspecified atom stereocenters. The highest BCUT2D eigenvalue weighted by Crippen LogP contribution is 2.63. The number of aromatic amines is 1. The summed E-state index contributed by atoms with van der Waals surface area (Å²) in [6, 6.07) is 4.08. The Morgan fingerprint density at radius 1 is 1.41 bits per heavy atom. The van der Waals surface area contributed by atoms with E-state index in [0.29, 0.717) is 23.5 Å². The van der Waals surface area contributed by atoms with Crippen LogP contribution in [0.1, 0.15) is 25.7 Å². The quantitative estimate of drug-likeness (QED) is 0.892. The monoisotopic (exact) mass is 297 g/mol. The van der Waals surface area contributed by atoms with Crippen LogP contribution < -0.4 is 10.9 Å². The summed E-state index contributed by atoms with van der Waals surface area (Å²) in [5, 5.41) is 4.73. The summed E-state index contributed by atoms with van der Waals surface area (Å²) < 4.78 is 5.97. The van der Waals surface area contributed by atoms with E-state index in [9.17, 15) is 4.79 Å². The number of aromatic nitrogens is 2. The molecule has 2 aromatic heterocycles. The van der Waals surface area contributed by atoms with E-state index in [2.05, 4.69) is 15.3 Å². The maximum Gasteiger partial charge on any atom is 0.250 e. The number of fused-ring (bicyclic) bond motifs is 3. The Labute approximate surface area is 128 Å². The Morgan fingerprint density at radius 3 is 3.14 bits per heavy atom. The minimum atomic E-state index is -0.0794. The molecule has 5 rings (SSSR count). The van der Waals surface area contributed by atoms with Gasteiger partial charge in [-0.3, -0.25) is 9.78 Å². The zero-order chi connectivity index (χ0) is 14.7. The van der Waals surface area contributed by atoms with Crippen LogP contribution in [0.2, 0.25) is 0 Å². The van der Waals surface area contributed by atoms with Gasteiger partial charge in [0.15, 0.2) is 0 Å². The van der Waals surface area contributed by atoms with Gasteiger partial charge in [-0.05, 0) is 25.3 Å². The summed E-state index contributed by atoms with van der Waals surface area (Å²) in [4.78, 5) is 18.9. The van der Waals surface area contributed by atoms with Crippen LogP contribution in [-0.2, 0) is 4.74 Å². The highest BCUT2D eigenvalue weighted by Gasteiger charge is 2.66. The van der Waals surface area contributed by atoms with Gasteiger partial charge >= 0.3 is 0 Å². The van der Waals surface area contributed by atoms with Gasteiger partial charge in [-0.25, -0.2) is 0 Å². The van der Waals surface area contributed by atoms with Gasteiger partial charge in [0.05, 0.1) is 17.8 Å². The van der Waals surface area contributed by atoms with Crippen LogP contribution in [0.3, 0.4) is 0 Å². The lowest BCUT2D eigenvalue weighted by atomic mass is 9.46. The van der Waals surface area contributed by atoms with Crippen LogP contribution in [0.15, 0.2) is 29.3 Å². The molecule has 3 heterocycles. The number of pyridine rings is 2. The van der Waals surface area contributed by atoms with E-state index >= 15 is 0 Å². The van der Waals surface area contributed by atoms with Crippen molar-refractivity contribution < 1.29 is 4.74 Å². The lowest BCUT2D eigenvalue weighted by molar-refractivity contribution is -0.158. The van der Waals surface area contributed by atoms with Crippen LogP contribution in [0.25, 0.3) is 10.9 Å². The van der Waals surface area contributed by atoms with Crippen molar-refractivity contribution in [1.29, 1.82) is 0 Å². The molecule has 5 nitrogen and oxygen atoms in total. The molecular formula is C17H19N3O2. The van der Waals surface area contributed by atoms with Crippen molar-refractivity contribution in [1.82, 2.24) is 9.97 Å². The maximum absolute atomic E-state index is 11.9. The molecule has 22 heavy (non-hydrogen) atoms. The van der Waals surface area contributed by atoms with E-state index in [1.165, 1.54) is 19.3 Å². The van der Waals surface area contributed by atoms with E-state index in [1.54, 1.807) is 18.5 Å². The molecule has 2 aliphatic carbocycles. The molecule has 2 aromatic rings. The van der Waals surface area contributed by atoms with Gasteiger partial charge in [0.1, 0.15) is 0 Å². The van der Waals surface area contributed by atoms with E-state index < -0.39 is 0 Å². The van der Waals surface area contributed by atoms with Gasteiger partial charge in [-0.2, -0.15) is 0 Å². The largest absolute Gasteiger partial charge is 0.381 e. The number of hydrogen-bond acceptors (Lipinski definition) is 4. The second-order valence-corrected chi connectivity index (χ2v) is 6.92. The normalized spacial score (nSPS) is 31.5. The van der Waals surface area contributed by atoms with Crippen molar-refractivity contribution in [3.8, 4) is 0 Å². The minimum absolute atomic E-state index is 0.0794. The fourth-order valence-corrected chi connectivity index (χ4v) is 4.85. The molecule has 0 aromatic carbocycles. The summed E-state index contributed by atoms with van der Waals surface area (Å²) >= 11 is 0. The van der Waals surface area contributed by atoms with Gasteiger partial charge in [-0.15, -0.1) is 0 Å². The lowest BCUT2D eigenvalue weighted by Gasteiger charge is -2.63. The van der Waals surface area contributed by atoms with Crippen molar-refractivity contribution in [2.75, 3.05) is 11.9 Å². The molecule has 114 valence electrons. The molecule has 0 bridgehead atoms. The van der Waals surface area contributed by atoms with Gasteiger partial charge in [0, 0.05) is 47.3 Å². The van der Waals surface area contributed by atoms with Crippen LogP contribution in [0.4, 0.5) is 5.69 Å². The van der Waals surface area contributed by atoms with Gasteiger partial charge in [-0.1, -0.05) is 6.42 Å². The summed E-state index contributed by atoms with van der Waals surface area (Å²) in [5.41, 5.74) is 1.95. The molecule has 3 aliphatic rings. The maximum atomic E-state index is 11.9. The number of ether oxygens (including phenoxy) is 1. The van der Waals surface area contributed by atoms with E-state index in [-0.39, 0.29) is 5.56 Å². The topological polar surface area (TPSA) is 67.0 Å². The third kappa shape index (κ3) is 1.52. The molecule has 0 radical (unpaired) electrons. The summed E-state index contributed by atoms with van der Waals surface area (Å²) in [6.07, 6.45) is 8.84. The number of nitrogens with zero attached hydrogens (tertiary/aromatic N) is 1. The lowest BCUT2D eigenvalue weighted by Crippen LogP contribution is -2.68. The molecule has 1 spiro atoms. The zero-order valence-electron chi connectivity index (χ0n) is 12.3. The van der Waals surface area contributed by atoms with Crippen LogP contribution in [0, 0.1) is 11.3 Å². The predicted octanol–water partition coefficient (Wildman–Crippen LogP) is 2.29. The zero-order valence-corrected chi connectivity index (χ0v) is 12.3. The first-order valence-electron chi connectivity index (χ1n) is 8.13. The second-order valence-electron chi connectivity index (χ2n) is 6.92. The van der Waals surface area contributed by atoms with E-state index in [4.69, 9.17) is 4.74 Å². The van der Waals surface area contributed by atoms with E-state index in [1.807, 2.05) is 6.07 Å². The first-order valence-corrected chi connectivity index (χ1v) is 8.13. The number of rotatable bonds is 2. The standard InChI is InChI=1S/C17H19N3O2/c21-14-8-12(10-2-6-18-9-13(10)19-14)20-15-11-3-7-22-16(11)17(15)4-1-5-17/h2,6,8-9,11,15-16H,1,3-5,7H2,(H2,19,20,21). The van der Waals surface area contributed by atoms with Gasteiger partial charge in [0.25, 0.3) is 5.56 Å². The Hall–Kier alpha value is -1.88. The molecule has 2 N–H and O–H groups in total. The fraction of sp³-hybridized carbons (Fsp3) is 0.529. The first kappa shape index (κ1) is 12.6. The highest BCUT2D eigenvalue weighted by molar-refractivity contribution is 5.90. The van der Waals surface area contributed by atoms with Crippen LogP contribution >= 0.6 is 0 Å². The van der Waals surface area contributed by atoms with Crippen LogP contribution in [-0.4, -0.2) is 28.7 Å². The van der Waals surface area contributed by atoms with Gasteiger partial charge in [0.2, 0.25) is 0 Å². The fourth-order valence-electron chi connectivity index (χ4n) is 4.85. The van der Waals surface area contributed by atoms with Crippen molar-refractivity contribution in [2.45, 2.75) is 37.8 Å². The summed E-state index contributed by atoms with van der Waals surface area (Å²) in [6.45, 7) is 0.884. The number of nitrogens with one attached hydrogen (secondary N) is 2. The van der Waals surface area contributed by atoms with Gasteiger partial charge < -0.3 is 15.0 Å². The Bertz CT molecular complexity index is 796. The molecule has 2 saturated carbocycles. The Morgan fingerprint density at radius 2 is 2.32 bits per heavy atom. The molecule has 5 heteroatoms. The average molecular weight is 297 g/mol. The number of anilines is 1. The van der Waals surface area contributed by atoms with Crippen molar-refractivity contribution in [3.63, 3.8) is 0 Å². The third-order valence-electron chi connectivity index (χ3n) is 5.99. The Balaban J connectivity index is 1.55. The van der Waals surface area contributed by atoms with Crippen LogP contribution in [0.5, 0.6) is 0 Å². The van der Waals surface area contributed by atoms with E-state index in [0.717, 1.165) is 29.6 Å². The number of H-pyrrole nitrogens is 1. The molecular weight excluding hydrogens is 278 g/mol. The summed E-state index contributed by atoms with van der Waals surface area (Å²) in [5.74, 6) is 0.594. The molecule has 3 fully saturated rings. The van der Waals surface area contributed by atoms with Crippen molar-refractivity contribution in [2.24, 2.45) is 11.3 Å². The molecule has 1 aliphatic heterocycles. The predicted molar refractivity (Wildman–Crippen MR) is 83.9 cm³/mol. The summed E-state index contributed by atoms with van der Waals surface area (Å²) in [7, 11) is 0.